The van der Waals surface area contributed by atoms with Crippen LogP contribution in [0.5, 0.6) is 0 Å². The van der Waals surface area contributed by atoms with Crippen molar-refractivity contribution in [2.75, 3.05) is 6.54 Å². The van der Waals surface area contributed by atoms with Crippen LogP contribution in [0.4, 0.5) is 4.39 Å². The van der Waals surface area contributed by atoms with Crippen LogP contribution >= 0.6 is 11.6 Å². The van der Waals surface area contributed by atoms with Gasteiger partial charge in [0.15, 0.2) is 5.82 Å². The Morgan fingerprint density at radius 1 is 1.21 bits per heavy atom. The topological polar surface area (TPSA) is 72.7 Å². The maximum absolute atomic E-state index is 13.3. The highest BCUT2D eigenvalue weighted by Gasteiger charge is 2.20. The van der Waals surface area contributed by atoms with E-state index in [4.69, 9.17) is 11.6 Å². The molecule has 24 heavy (non-hydrogen) atoms. The van der Waals surface area contributed by atoms with E-state index < -0.39 is 5.82 Å². The predicted molar refractivity (Wildman–Crippen MR) is 86.0 cm³/mol. The minimum absolute atomic E-state index is 0.00984. The molecule has 0 saturated carbocycles. The highest BCUT2D eigenvalue weighted by atomic mass is 35.5. The minimum atomic E-state index is -0.496. The van der Waals surface area contributed by atoms with Crippen LogP contribution in [0.15, 0.2) is 36.5 Å². The van der Waals surface area contributed by atoms with Crippen molar-refractivity contribution >= 4 is 17.5 Å². The van der Waals surface area contributed by atoms with E-state index in [-0.39, 0.29) is 10.9 Å². The molecule has 0 saturated heterocycles. The second-order valence-electron chi connectivity index (χ2n) is 5.29. The molecule has 0 bridgehead atoms. The Hall–Kier alpha value is -2.80. The standard InChI is InChI=1S/C16H11ClFN5O/c17-10-7-9(1-2-11(10)18)15-19-4-3-12(21-15)13-8-14-16(24)20-5-6-23(14)22-13/h1-4,7-8H,5-6H2,(H,20,24). The van der Waals surface area contributed by atoms with E-state index in [9.17, 15) is 9.18 Å². The molecule has 8 heteroatoms. The lowest BCUT2D eigenvalue weighted by atomic mass is 10.2. The lowest BCUT2D eigenvalue weighted by Gasteiger charge is -2.13. The number of halogens is 2. The van der Waals surface area contributed by atoms with Crippen molar-refractivity contribution in [1.29, 1.82) is 0 Å². The molecule has 3 aromatic rings. The summed E-state index contributed by atoms with van der Waals surface area (Å²) in [4.78, 5) is 20.5. The molecule has 1 N–H and O–H groups in total. The number of fused-ring (bicyclic) bond motifs is 1. The van der Waals surface area contributed by atoms with Crippen molar-refractivity contribution < 1.29 is 9.18 Å². The summed E-state index contributed by atoms with van der Waals surface area (Å²) in [6.45, 7) is 1.17. The summed E-state index contributed by atoms with van der Waals surface area (Å²) in [5.74, 6) is -0.242. The summed E-state index contributed by atoms with van der Waals surface area (Å²) in [5.41, 5.74) is 2.26. The van der Waals surface area contributed by atoms with Crippen LogP contribution in [0.3, 0.4) is 0 Å². The molecule has 1 aromatic carbocycles. The van der Waals surface area contributed by atoms with Gasteiger partial charge in [-0.05, 0) is 30.3 Å². The molecule has 4 rings (SSSR count). The molecular formula is C16H11ClFN5O. The molecule has 120 valence electrons. The summed E-state index contributed by atoms with van der Waals surface area (Å²) in [6, 6.07) is 7.71. The summed E-state index contributed by atoms with van der Waals surface area (Å²) < 4.78 is 15.0. The van der Waals surface area contributed by atoms with Crippen LogP contribution in [0.2, 0.25) is 5.02 Å². The summed E-state index contributed by atoms with van der Waals surface area (Å²) in [5, 5.41) is 7.20. The Bertz CT molecular complexity index is 955. The normalized spacial score (nSPS) is 13.5. The molecule has 0 aliphatic carbocycles. The summed E-state index contributed by atoms with van der Waals surface area (Å²) in [7, 11) is 0. The zero-order valence-corrected chi connectivity index (χ0v) is 13.1. The number of amides is 1. The lowest BCUT2D eigenvalue weighted by Crippen LogP contribution is -2.35. The second-order valence-corrected chi connectivity index (χ2v) is 5.70. The van der Waals surface area contributed by atoms with Crippen molar-refractivity contribution in [1.82, 2.24) is 25.1 Å². The number of benzene rings is 1. The third-order valence-corrected chi connectivity index (χ3v) is 4.01. The molecule has 0 spiro atoms. The SMILES string of the molecule is O=C1NCCn2nc(-c3ccnc(-c4ccc(F)c(Cl)c4)n3)cc21. The predicted octanol–water partition coefficient (Wildman–Crippen LogP) is 2.54. The first-order chi connectivity index (χ1) is 11.6. The van der Waals surface area contributed by atoms with Gasteiger partial charge in [0, 0.05) is 18.3 Å². The lowest BCUT2D eigenvalue weighted by molar-refractivity contribution is 0.0924. The third kappa shape index (κ3) is 2.52. The van der Waals surface area contributed by atoms with E-state index in [0.717, 1.165) is 0 Å². The Morgan fingerprint density at radius 3 is 2.88 bits per heavy atom. The van der Waals surface area contributed by atoms with Crippen molar-refractivity contribution in [3.8, 4) is 22.8 Å². The van der Waals surface area contributed by atoms with Crippen LogP contribution in [-0.4, -0.2) is 32.2 Å². The van der Waals surface area contributed by atoms with Crippen molar-refractivity contribution in [2.24, 2.45) is 0 Å². The van der Waals surface area contributed by atoms with Gasteiger partial charge in [-0.15, -0.1) is 0 Å². The number of nitrogens with one attached hydrogen (secondary N) is 1. The second kappa shape index (κ2) is 5.68. The molecule has 2 aromatic heterocycles. The Kier molecular flexibility index (Phi) is 3.50. The number of carbonyl (C=O) groups excluding carboxylic acids is 1. The van der Waals surface area contributed by atoms with Gasteiger partial charge in [-0.2, -0.15) is 5.10 Å². The van der Waals surface area contributed by atoms with Crippen molar-refractivity contribution in [2.45, 2.75) is 6.54 Å². The number of aromatic nitrogens is 4. The molecule has 0 unspecified atom stereocenters. The van der Waals surface area contributed by atoms with Crippen LogP contribution in [-0.2, 0) is 6.54 Å². The van der Waals surface area contributed by atoms with Crippen molar-refractivity contribution in [3.05, 3.63) is 53.1 Å². The smallest absolute Gasteiger partial charge is 0.269 e. The van der Waals surface area contributed by atoms with Crippen LogP contribution in [0, 0.1) is 5.82 Å². The van der Waals surface area contributed by atoms with Crippen LogP contribution < -0.4 is 5.32 Å². The number of nitrogens with zero attached hydrogens (tertiary/aromatic N) is 4. The first kappa shape index (κ1) is 14.8. The number of rotatable bonds is 2. The van der Waals surface area contributed by atoms with Gasteiger partial charge in [-0.3, -0.25) is 9.48 Å². The molecule has 3 heterocycles. The van der Waals surface area contributed by atoms with Gasteiger partial charge < -0.3 is 5.32 Å². The Labute approximate surface area is 141 Å². The summed E-state index contributed by atoms with van der Waals surface area (Å²) in [6.07, 6.45) is 1.59. The molecule has 0 atom stereocenters. The molecule has 6 nitrogen and oxygen atoms in total. The zero-order chi connectivity index (χ0) is 16.7. The Morgan fingerprint density at radius 2 is 2.08 bits per heavy atom. The maximum Gasteiger partial charge on any atom is 0.269 e. The van der Waals surface area contributed by atoms with E-state index in [0.29, 0.717) is 41.6 Å². The average molecular weight is 344 g/mol. The van der Waals surface area contributed by atoms with Gasteiger partial charge in [0.05, 0.1) is 17.3 Å². The fourth-order valence-corrected chi connectivity index (χ4v) is 2.72. The fraction of sp³-hybridized carbons (Fsp3) is 0.125. The minimum Gasteiger partial charge on any atom is -0.349 e. The van der Waals surface area contributed by atoms with Crippen LogP contribution in [0.1, 0.15) is 10.5 Å². The number of hydrogen-bond acceptors (Lipinski definition) is 4. The van der Waals surface area contributed by atoms with E-state index in [1.807, 2.05) is 0 Å². The van der Waals surface area contributed by atoms with Gasteiger partial charge in [0.2, 0.25) is 0 Å². The monoisotopic (exact) mass is 343 g/mol. The highest BCUT2D eigenvalue weighted by molar-refractivity contribution is 6.31. The van der Waals surface area contributed by atoms with E-state index in [2.05, 4.69) is 20.4 Å². The van der Waals surface area contributed by atoms with Crippen molar-refractivity contribution in [3.63, 3.8) is 0 Å². The number of hydrogen-bond donors (Lipinski definition) is 1. The van der Waals surface area contributed by atoms with Gasteiger partial charge in [-0.25, -0.2) is 14.4 Å². The van der Waals surface area contributed by atoms with Gasteiger partial charge in [-0.1, -0.05) is 11.6 Å². The number of carbonyl (C=O) groups is 1. The van der Waals surface area contributed by atoms with E-state index in [1.165, 1.54) is 12.1 Å². The van der Waals surface area contributed by atoms with Gasteiger partial charge in [0.1, 0.15) is 17.2 Å². The first-order valence-corrected chi connectivity index (χ1v) is 7.64. The molecule has 1 amide bonds. The fourth-order valence-electron chi connectivity index (χ4n) is 2.54. The van der Waals surface area contributed by atoms with Gasteiger partial charge >= 0.3 is 0 Å². The Balaban J connectivity index is 1.75. The first-order valence-electron chi connectivity index (χ1n) is 7.27. The van der Waals surface area contributed by atoms with E-state index >= 15 is 0 Å². The zero-order valence-electron chi connectivity index (χ0n) is 12.3. The maximum atomic E-state index is 13.3. The van der Waals surface area contributed by atoms with Gasteiger partial charge in [0.25, 0.3) is 5.91 Å². The molecular weight excluding hydrogens is 333 g/mol. The average Bonchev–Trinajstić information content (AvgIpc) is 3.03. The molecule has 0 radical (unpaired) electrons. The molecule has 1 aliphatic heterocycles. The van der Waals surface area contributed by atoms with E-state index in [1.54, 1.807) is 29.1 Å². The van der Waals surface area contributed by atoms with Crippen LogP contribution in [0.25, 0.3) is 22.8 Å². The molecule has 1 aliphatic rings. The third-order valence-electron chi connectivity index (χ3n) is 3.72. The quantitative estimate of drug-likeness (QED) is 0.776. The summed E-state index contributed by atoms with van der Waals surface area (Å²) >= 11 is 5.81. The highest BCUT2D eigenvalue weighted by Crippen LogP contribution is 2.24. The largest absolute Gasteiger partial charge is 0.349 e. The molecule has 0 fully saturated rings.